The van der Waals surface area contributed by atoms with Crippen molar-refractivity contribution in [1.82, 2.24) is 0 Å². The molecule has 0 N–H and O–H groups in total. The van der Waals surface area contributed by atoms with E-state index >= 15 is 0 Å². The fourth-order valence-corrected chi connectivity index (χ4v) is 1.84. The van der Waals surface area contributed by atoms with Gasteiger partial charge in [0.15, 0.2) is 0 Å². The van der Waals surface area contributed by atoms with Gasteiger partial charge in [-0.25, -0.2) is 0 Å². The first kappa shape index (κ1) is 13.8. The Bertz CT molecular complexity index is 578. The molecule has 0 heterocycles. The SMILES string of the molecule is COc1ccc(C(=O)N(C[C]=O)c2ccccc2)cc1. The van der Waals surface area contributed by atoms with Crippen molar-refractivity contribution in [1.29, 1.82) is 0 Å². The monoisotopic (exact) mass is 268 g/mol. The fraction of sp³-hybridized carbons (Fsp3) is 0.125. The summed E-state index contributed by atoms with van der Waals surface area (Å²) < 4.78 is 5.05. The number of para-hydroxylation sites is 1. The van der Waals surface area contributed by atoms with Crippen molar-refractivity contribution in [2.75, 3.05) is 18.6 Å². The summed E-state index contributed by atoms with van der Waals surface area (Å²) in [6.45, 7) is -0.102. The fourth-order valence-electron chi connectivity index (χ4n) is 1.84. The lowest BCUT2D eigenvalue weighted by atomic mass is 10.1. The molecule has 0 bridgehead atoms. The van der Waals surface area contributed by atoms with Crippen LogP contribution in [0.4, 0.5) is 5.69 Å². The van der Waals surface area contributed by atoms with Gasteiger partial charge in [0.1, 0.15) is 5.75 Å². The number of carbonyl (C=O) groups is 1. The minimum Gasteiger partial charge on any atom is -0.497 e. The van der Waals surface area contributed by atoms with Gasteiger partial charge in [0.05, 0.1) is 13.7 Å². The van der Waals surface area contributed by atoms with Crippen molar-refractivity contribution >= 4 is 17.9 Å². The van der Waals surface area contributed by atoms with E-state index < -0.39 is 0 Å². The van der Waals surface area contributed by atoms with E-state index in [1.54, 1.807) is 49.8 Å². The maximum atomic E-state index is 12.4. The molecule has 2 aromatic rings. The Morgan fingerprint density at radius 1 is 1.10 bits per heavy atom. The molecule has 0 spiro atoms. The van der Waals surface area contributed by atoms with E-state index in [0.717, 1.165) is 0 Å². The highest BCUT2D eigenvalue weighted by Gasteiger charge is 2.17. The summed E-state index contributed by atoms with van der Waals surface area (Å²) in [6, 6.07) is 15.8. The number of methoxy groups -OCH3 is 1. The third kappa shape index (κ3) is 3.03. The number of hydrogen-bond acceptors (Lipinski definition) is 3. The smallest absolute Gasteiger partial charge is 0.258 e. The molecule has 0 atom stereocenters. The number of anilines is 1. The number of nitrogens with zero attached hydrogens (tertiary/aromatic N) is 1. The van der Waals surface area contributed by atoms with Crippen LogP contribution in [0.2, 0.25) is 0 Å². The van der Waals surface area contributed by atoms with Crippen LogP contribution in [0.3, 0.4) is 0 Å². The molecule has 0 fully saturated rings. The first-order chi connectivity index (χ1) is 9.76. The summed E-state index contributed by atoms with van der Waals surface area (Å²) in [5, 5.41) is 0. The molecule has 20 heavy (non-hydrogen) atoms. The Balaban J connectivity index is 2.28. The van der Waals surface area contributed by atoms with E-state index in [9.17, 15) is 9.59 Å². The van der Waals surface area contributed by atoms with Crippen LogP contribution in [-0.4, -0.2) is 25.8 Å². The first-order valence-electron chi connectivity index (χ1n) is 6.12. The zero-order valence-electron chi connectivity index (χ0n) is 11.1. The quantitative estimate of drug-likeness (QED) is 0.836. The Hall–Kier alpha value is -2.62. The Morgan fingerprint density at radius 3 is 2.30 bits per heavy atom. The highest BCUT2D eigenvalue weighted by atomic mass is 16.5. The molecule has 1 radical (unpaired) electrons. The number of hydrogen-bond donors (Lipinski definition) is 0. The summed E-state index contributed by atoms with van der Waals surface area (Å²) in [7, 11) is 1.56. The number of benzene rings is 2. The molecular weight excluding hydrogens is 254 g/mol. The average molecular weight is 268 g/mol. The van der Waals surface area contributed by atoms with E-state index in [-0.39, 0.29) is 12.5 Å². The zero-order valence-corrected chi connectivity index (χ0v) is 11.1. The molecule has 0 saturated heterocycles. The molecule has 2 rings (SSSR count). The predicted molar refractivity (Wildman–Crippen MR) is 76.8 cm³/mol. The average Bonchev–Trinajstić information content (AvgIpc) is 2.53. The van der Waals surface area contributed by atoms with Crippen molar-refractivity contribution in [2.24, 2.45) is 0 Å². The van der Waals surface area contributed by atoms with Gasteiger partial charge in [-0.05, 0) is 36.4 Å². The molecule has 1 amide bonds. The summed E-state index contributed by atoms with van der Waals surface area (Å²) in [5.41, 5.74) is 1.15. The Kier molecular flexibility index (Phi) is 4.50. The molecule has 0 aliphatic rings. The predicted octanol–water partition coefficient (Wildman–Crippen LogP) is 2.45. The summed E-state index contributed by atoms with van der Waals surface area (Å²) in [6.07, 6.45) is 1.77. The minimum absolute atomic E-state index is 0.102. The standard InChI is InChI=1S/C16H14NO3/c1-20-15-9-7-13(8-10-15)16(19)17(11-12-18)14-5-3-2-4-6-14/h2-10H,11H2,1H3. The zero-order chi connectivity index (χ0) is 14.4. The van der Waals surface area contributed by atoms with Crippen LogP contribution in [0, 0.1) is 0 Å². The number of rotatable bonds is 5. The third-order valence-electron chi connectivity index (χ3n) is 2.87. The van der Waals surface area contributed by atoms with Crippen LogP contribution in [-0.2, 0) is 4.79 Å². The van der Waals surface area contributed by atoms with Gasteiger partial charge in [0.25, 0.3) is 5.91 Å². The summed E-state index contributed by atoms with van der Waals surface area (Å²) >= 11 is 0. The molecule has 0 aromatic heterocycles. The van der Waals surface area contributed by atoms with Crippen LogP contribution >= 0.6 is 0 Å². The number of amides is 1. The van der Waals surface area contributed by atoms with Crippen molar-refractivity contribution in [3.05, 3.63) is 60.2 Å². The van der Waals surface area contributed by atoms with Crippen molar-refractivity contribution in [2.45, 2.75) is 0 Å². The highest BCUT2D eigenvalue weighted by Crippen LogP contribution is 2.18. The van der Waals surface area contributed by atoms with Crippen molar-refractivity contribution in [3.63, 3.8) is 0 Å². The van der Waals surface area contributed by atoms with Crippen LogP contribution in [0.5, 0.6) is 5.75 Å². The minimum atomic E-state index is -0.248. The van der Waals surface area contributed by atoms with Gasteiger partial charge in [-0.15, -0.1) is 0 Å². The molecule has 0 unspecified atom stereocenters. The van der Waals surface area contributed by atoms with E-state index in [1.807, 2.05) is 18.2 Å². The summed E-state index contributed by atoms with van der Waals surface area (Å²) in [4.78, 5) is 24.5. The third-order valence-corrected chi connectivity index (χ3v) is 2.87. The maximum Gasteiger partial charge on any atom is 0.258 e. The highest BCUT2D eigenvalue weighted by molar-refractivity contribution is 6.07. The number of ether oxygens (including phenoxy) is 1. The van der Waals surface area contributed by atoms with Crippen LogP contribution in [0.15, 0.2) is 54.6 Å². The van der Waals surface area contributed by atoms with Gasteiger partial charge in [-0.3, -0.25) is 9.59 Å². The van der Waals surface area contributed by atoms with E-state index in [0.29, 0.717) is 17.0 Å². The molecule has 0 saturated carbocycles. The number of carbonyl (C=O) groups excluding carboxylic acids is 2. The van der Waals surface area contributed by atoms with E-state index in [4.69, 9.17) is 4.74 Å². The molecule has 101 valence electrons. The van der Waals surface area contributed by atoms with Gasteiger partial charge >= 0.3 is 0 Å². The Labute approximate surface area is 117 Å². The van der Waals surface area contributed by atoms with Gasteiger partial charge in [-0.1, -0.05) is 18.2 Å². The van der Waals surface area contributed by atoms with Gasteiger partial charge in [0.2, 0.25) is 6.29 Å². The van der Waals surface area contributed by atoms with Crippen molar-refractivity contribution < 1.29 is 14.3 Å². The van der Waals surface area contributed by atoms with Crippen molar-refractivity contribution in [3.8, 4) is 5.75 Å². The second-order valence-electron chi connectivity index (χ2n) is 4.10. The molecular formula is C16H14NO3. The largest absolute Gasteiger partial charge is 0.497 e. The lowest BCUT2D eigenvalue weighted by Crippen LogP contribution is -2.32. The normalized spacial score (nSPS) is 9.85. The van der Waals surface area contributed by atoms with E-state index in [1.165, 1.54) is 4.90 Å². The molecule has 2 aromatic carbocycles. The van der Waals surface area contributed by atoms with Gasteiger partial charge < -0.3 is 9.64 Å². The van der Waals surface area contributed by atoms with Crippen LogP contribution in [0.1, 0.15) is 10.4 Å². The van der Waals surface area contributed by atoms with Crippen LogP contribution < -0.4 is 9.64 Å². The Morgan fingerprint density at radius 2 is 1.75 bits per heavy atom. The van der Waals surface area contributed by atoms with Crippen LogP contribution in [0.25, 0.3) is 0 Å². The van der Waals surface area contributed by atoms with Gasteiger partial charge in [-0.2, -0.15) is 0 Å². The topological polar surface area (TPSA) is 46.6 Å². The molecule has 0 aliphatic heterocycles. The maximum absolute atomic E-state index is 12.4. The summed E-state index contributed by atoms with van der Waals surface area (Å²) in [5.74, 6) is 0.428. The molecule has 4 nitrogen and oxygen atoms in total. The molecule has 4 heteroatoms. The first-order valence-corrected chi connectivity index (χ1v) is 6.12. The lowest BCUT2D eigenvalue weighted by molar-refractivity contribution is 0.0990. The second-order valence-corrected chi connectivity index (χ2v) is 4.10. The molecule has 0 aliphatic carbocycles. The van der Waals surface area contributed by atoms with E-state index in [2.05, 4.69) is 0 Å². The van der Waals surface area contributed by atoms with Gasteiger partial charge in [0, 0.05) is 11.3 Å². The lowest BCUT2D eigenvalue weighted by Gasteiger charge is -2.20. The second kappa shape index (κ2) is 6.52.